The summed E-state index contributed by atoms with van der Waals surface area (Å²) < 4.78 is 14.5. The molecule has 0 amide bonds. The molecule has 1 aromatic heterocycles. The van der Waals surface area contributed by atoms with Gasteiger partial charge < -0.3 is 0 Å². The van der Waals surface area contributed by atoms with Crippen LogP contribution in [0.25, 0.3) is 5.69 Å². The van der Waals surface area contributed by atoms with Gasteiger partial charge in [0.2, 0.25) is 0 Å². The molecule has 0 N–H and O–H groups in total. The third-order valence-corrected chi connectivity index (χ3v) is 2.28. The van der Waals surface area contributed by atoms with Gasteiger partial charge in [-0.1, -0.05) is 0 Å². The molecule has 0 unspecified atom stereocenters. The zero-order chi connectivity index (χ0) is 10.8. The molecule has 0 aliphatic carbocycles. The van der Waals surface area contributed by atoms with Crippen LogP contribution in [0.15, 0.2) is 18.2 Å². The largest absolute Gasteiger partial charge is 0.207 e. The maximum atomic E-state index is 13.0. The number of nitrogens with zero attached hydrogens (tertiary/aromatic N) is 4. The van der Waals surface area contributed by atoms with Gasteiger partial charge in [0.05, 0.1) is 11.6 Å². The molecule has 0 bridgehead atoms. The predicted molar refractivity (Wildman–Crippen MR) is 53.4 cm³/mol. The highest BCUT2D eigenvalue weighted by molar-refractivity contribution is 6.16. The van der Waals surface area contributed by atoms with E-state index in [0.29, 0.717) is 17.1 Å². The number of aromatic nitrogens is 4. The number of tetrazole rings is 1. The minimum absolute atomic E-state index is 0.212. The molecule has 2 rings (SSSR count). The van der Waals surface area contributed by atoms with Gasteiger partial charge in [-0.25, -0.2) is 4.39 Å². The first-order valence-corrected chi connectivity index (χ1v) is 4.85. The van der Waals surface area contributed by atoms with Gasteiger partial charge >= 0.3 is 0 Å². The van der Waals surface area contributed by atoms with Crippen LogP contribution in [0.1, 0.15) is 11.4 Å². The zero-order valence-electron chi connectivity index (χ0n) is 7.98. The van der Waals surface area contributed by atoms with Crippen molar-refractivity contribution in [1.82, 2.24) is 20.2 Å². The minimum atomic E-state index is -0.251. The van der Waals surface area contributed by atoms with E-state index in [2.05, 4.69) is 15.5 Å². The first-order chi connectivity index (χ1) is 7.22. The lowest BCUT2D eigenvalue weighted by Gasteiger charge is -2.03. The van der Waals surface area contributed by atoms with E-state index in [1.807, 2.05) is 0 Å². The molecule has 1 heterocycles. The quantitative estimate of drug-likeness (QED) is 0.734. The average molecular weight is 227 g/mol. The van der Waals surface area contributed by atoms with Crippen molar-refractivity contribution in [1.29, 1.82) is 0 Å². The van der Waals surface area contributed by atoms with Crippen LogP contribution in [0.4, 0.5) is 4.39 Å². The van der Waals surface area contributed by atoms with Crippen molar-refractivity contribution in [2.75, 3.05) is 0 Å². The number of alkyl halides is 1. The van der Waals surface area contributed by atoms with Crippen molar-refractivity contribution in [3.8, 4) is 5.69 Å². The summed E-state index contributed by atoms with van der Waals surface area (Å²) in [6, 6.07) is 4.65. The summed E-state index contributed by atoms with van der Waals surface area (Å²) >= 11 is 5.66. The van der Waals surface area contributed by atoms with Gasteiger partial charge in [0.15, 0.2) is 5.82 Å². The summed E-state index contributed by atoms with van der Waals surface area (Å²) in [6.07, 6.45) is 0. The average Bonchev–Trinajstić information content (AvgIpc) is 2.70. The van der Waals surface area contributed by atoms with E-state index in [4.69, 9.17) is 11.6 Å². The normalized spacial score (nSPS) is 10.6. The van der Waals surface area contributed by atoms with Crippen LogP contribution in [0, 0.1) is 12.7 Å². The molecular weight excluding hydrogens is 219 g/mol. The molecule has 78 valence electrons. The second kappa shape index (κ2) is 3.94. The molecule has 0 aliphatic heterocycles. The topological polar surface area (TPSA) is 43.6 Å². The molecule has 0 spiro atoms. The molecule has 6 heteroatoms. The fourth-order valence-electron chi connectivity index (χ4n) is 1.25. The van der Waals surface area contributed by atoms with Crippen LogP contribution < -0.4 is 0 Å². The van der Waals surface area contributed by atoms with E-state index in [9.17, 15) is 4.39 Å². The van der Waals surface area contributed by atoms with Crippen molar-refractivity contribution >= 4 is 11.6 Å². The molecule has 0 saturated heterocycles. The number of rotatable bonds is 2. The lowest BCUT2D eigenvalue weighted by molar-refractivity contribution is 0.617. The molecule has 0 aliphatic rings. The summed E-state index contributed by atoms with van der Waals surface area (Å²) in [5.74, 6) is 0.491. The predicted octanol–water partition coefficient (Wildman–Crippen LogP) is 1.85. The highest BCUT2D eigenvalue weighted by atomic mass is 35.5. The Morgan fingerprint density at radius 2 is 2.27 bits per heavy atom. The van der Waals surface area contributed by atoms with Crippen LogP contribution in [0.3, 0.4) is 0 Å². The fourth-order valence-corrected chi connectivity index (χ4v) is 1.42. The molecule has 0 saturated carbocycles. The smallest absolute Gasteiger partial charge is 0.171 e. The first kappa shape index (κ1) is 10.0. The molecular formula is C9H8ClFN4. The third kappa shape index (κ3) is 1.83. The monoisotopic (exact) mass is 226 g/mol. The van der Waals surface area contributed by atoms with Gasteiger partial charge in [-0.15, -0.1) is 16.7 Å². The summed E-state index contributed by atoms with van der Waals surface area (Å²) in [7, 11) is 0. The van der Waals surface area contributed by atoms with Crippen molar-refractivity contribution in [2.45, 2.75) is 12.8 Å². The van der Waals surface area contributed by atoms with Crippen molar-refractivity contribution < 1.29 is 4.39 Å². The SMILES string of the molecule is Cc1cc(-n2nnnc2CCl)ccc1F. The maximum absolute atomic E-state index is 13.0. The van der Waals surface area contributed by atoms with Crippen LogP contribution in [0.2, 0.25) is 0 Å². The van der Waals surface area contributed by atoms with Crippen LogP contribution in [-0.4, -0.2) is 20.2 Å². The highest BCUT2D eigenvalue weighted by Crippen LogP contribution is 2.14. The molecule has 15 heavy (non-hydrogen) atoms. The highest BCUT2D eigenvalue weighted by Gasteiger charge is 2.07. The Bertz CT molecular complexity index is 483. The first-order valence-electron chi connectivity index (χ1n) is 4.32. The summed E-state index contributed by atoms with van der Waals surface area (Å²) in [5, 5.41) is 11.0. The van der Waals surface area contributed by atoms with E-state index in [-0.39, 0.29) is 11.7 Å². The van der Waals surface area contributed by atoms with E-state index in [0.717, 1.165) is 0 Å². The van der Waals surface area contributed by atoms with Crippen molar-refractivity contribution in [3.05, 3.63) is 35.4 Å². The Labute approximate surface area is 90.7 Å². The van der Waals surface area contributed by atoms with E-state index in [1.165, 1.54) is 10.7 Å². The number of hydrogen-bond donors (Lipinski definition) is 0. The van der Waals surface area contributed by atoms with Gasteiger partial charge in [-0.3, -0.25) is 0 Å². The van der Waals surface area contributed by atoms with E-state index >= 15 is 0 Å². The lowest BCUT2D eigenvalue weighted by atomic mass is 10.2. The number of benzene rings is 1. The van der Waals surface area contributed by atoms with Crippen LogP contribution >= 0.6 is 11.6 Å². The molecule has 4 nitrogen and oxygen atoms in total. The van der Waals surface area contributed by atoms with Gasteiger partial charge in [-0.2, -0.15) is 4.68 Å². The van der Waals surface area contributed by atoms with Gasteiger partial charge in [0.1, 0.15) is 5.82 Å². The Kier molecular flexibility index (Phi) is 2.64. The van der Waals surface area contributed by atoms with E-state index in [1.54, 1.807) is 19.1 Å². The van der Waals surface area contributed by atoms with Crippen LogP contribution in [0.5, 0.6) is 0 Å². The van der Waals surface area contributed by atoms with Crippen molar-refractivity contribution in [3.63, 3.8) is 0 Å². The lowest BCUT2D eigenvalue weighted by Crippen LogP contribution is -2.02. The number of hydrogen-bond acceptors (Lipinski definition) is 3. The standard InChI is InChI=1S/C9H8ClFN4/c1-6-4-7(2-3-8(6)11)15-9(5-10)12-13-14-15/h2-4H,5H2,1H3. The minimum Gasteiger partial charge on any atom is -0.207 e. The molecule has 2 aromatic rings. The third-order valence-electron chi connectivity index (χ3n) is 2.04. The zero-order valence-corrected chi connectivity index (χ0v) is 8.74. The van der Waals surface area contributed by atoms with Gasteiger partial charge in [0.25, 0.3) is 0 Å². The van der Waals surface area contributed by atoms with E-state index < -0.39 is 0 Å². The second-order valence-corrected chi connectivity index (χ2v) is 3.34. The summed E-state index contributed by atoms with van der Waals surface area (Å²) in [6.45, 7) is 1.68. The van der Waals surface area contributed by atoms with Crippen molar-refractivity contribution in [2.24, 2.45) is 0 Å². The number of aryl methyl sites for hydroxylation is 1. The summed E-state index contributed by atoms with van der Waals surface area (Å²) in [5.41, 5.74) is 1.25. The van der Waals surface area contributed by atoms with Gasteiger partial charge in [0, 0.05) is 0 Å². The molecule has 0 radical (unpaired) electrons. The second-order valence-electron chi connectivity index (χ2n) is 3.07. The van der Waals surface area contributed by atoms with Crippen LogP contribution in [-0.2, 0) is 5.88 Å². The maximum Gasteiger partial charge on any atom is 0.171 e. The fraction of sp³-hybridized carbons (Fsp3) is 0.222. The molecule has 1 aromatic carbocycles. The molecule has 0 fully saturated rings. The Balaban J connectivity index is 2.50. The summed E-state index contributed by atoms with van der Waals surface area (Å²) in [4.78, 5) is 0. The Hall–Kier alpha value is -1.49. The Morgan fingerprint density at radius 1 is 1.47 bits per heavy atom. The van der Waals surface area contributed by atoms with Gasteiger partial charge in [-0.05, 0) is 41.1 Å². The number of halogens is 2. The molecule has 0 atom stereocenters. The Morgan fingerprint density at radius 3 is 2.93 bits per heavy atom.